The van der Waals surface area contributed by atoms with E-state index < -0.39 is 0 Å². The molecule has 0 spiro atoms. The number of amides is 1. The Kier molecular flexibility index (Phi) is 2.89. The van der Waals surface area contributed by atoms with Gasteiger partial charge in [0.05, 0.1) is 0 Å². The van der Waals surface area contributed by atoms with Crippen molar-refractivity contribution in [3.05, 3.63) is 48.0 Å². The van der Waals surface area contributed by atoms with Crippen LogP contribution in [0.4, 0.5) is 5.95 Å². The number of thioether (sulfide) groups is 1. The molecule has 21 heavy (non-hydrogen) atoms. The van der Waals surface area contributed by atoms with Gasteiger partial charge in [0.1, 0.15) is 0 Å². The molecular formula is C15H12N4OS. The van der Waals surface area contributed by atoms with Gasteiger partial charge in [-0.05, 0) is 22.9 Å². The molecule has 0 aliphatic carbocycles. The fourth-order valence-electron chi connectivity index (χ4n) is 2.42. The lowest BCUT2D eigenvalue weighted by Gasteiger charge is -2.06. The summed E-state index contributed by atoms with van der Waals surface area (Å²) in [4.78, 5) is 12.4. The Morgan fingerprint density at radius 3 is 2.90 bits per heavy atom. The normalized spacial score (nSPS) is 13.3. The van der Waals surface area contributed by atoms with Gasteiger partial charge in [-0.15, -0.1) is 10.2 Å². The molecule has 0 unspecified atom stereocenters. The lowest BCUT2D eigenvalue weighted by atomic mass is 10.1. The fraction of sp³-hybridized carbons (Fsp3) is 0.133. The smallest absolute Gasteiger partial charge is 0.258 e. The number of carbonyl (C=O) groups is 1. The summed E-state index contributed by atoms with van der Waals surface area (Å²) in [5.41, 5.74) is 0.622. The van der Waals surface area contributed by atoms with Gasteiger partial charge >= 0.3 is 0 Å². The zero-order valence-electron chi connectivity index (χ0n) is 11.1. The van der Waals surface area contributed by atoms with Crippen LogP contribution in [0.15, 0.2) is 47.6 Å². The minimum Gasteiger partial charge on any atom is -0.290 e. The Bertz CT molecular complexity index is 843. The summed E-state index contributed by atoms with van der Waals surface area (Å²) in [7, 11) is 0. The van der Waals surface area contributed by atoms with Crippen molar-refractivity contribution in [2.45, 2.75) is 11.7 Å². The second-order valence-electron chi connectivity index (χ2n) is 4.82. The van der Waals surface area contributed by atoms with Crippen LogP contribution < -0.4 is 5.32 Å². The highest BCUT2D eigenvalue weighted by atomic mass is 32.2. The minimum absolute atomic E-state index is 0.159. The summed E-state index contributed by atoms with van der Waals surface area (Å²) in [5.74, 6) is 1.34. The zero-order chi connectivity index (χ0) is 14.2. The molecule has 2 aromatic carbocycles. The number of rotatable bonds is 2. The number of hydrogen-bond acceptors (Lipinski definition) is 4. The summed E-state index contributed by atoms with van der Waals surface area (Å²) in [6, 6.07) is 13.6. The average molecular weight is 296 g/mol. The molecule has 5 nitrogen and oxygen atoms in total. The van der Waals surface area contributed by atoms with Gasteiger partial charge < -0.3 is 0 Å². The fourth-order valence-corrected chi connectivity index (χ4v) is 3.31. The molecule has 6 heteroatoms. The molecule has 1 aromatic heterocycles. The predicted octanol–water partition coefficient (Wildman–Crippen LogP) is 2.79. The first-order valence-electron chi connectivity index (χ1n) is 6.67. The standard InChI is InChI=1S/C15H12N4OS/c20-13(16-14-17-18-15-19(14)7-8-21-15)12-6-5-10-3-1-2-4-11(10)9-12/h1-6,9H,7-8H2,(H,16,17,20). The highest BCUT2D eigenvalue weighted by Gasteiger charge is 2.19. The van der Waals surface area contributed by atoms with E-state index in [1.54, 1.807) is 11.8 Å². The van der Waals surface area contributed by atoms with Crippen LogP contribution in [-0.2, 0) is 6.54 Å². The van der Waals surface area contributed by atoms with Crippen LogP contribution in [0.25, 0.3) is 10.8 Å². The van der Waals surface area contributed by atoms with Crippen LogP contribution in [0.5, 0.6) is 0 Å². The maximum atomic E-state index is 12.4. The summed E-state index contributed by atoms with van der Waals surface area (Å²) in [5, 5.41) is 14.0. The first kappa shape index (κ1) is 12.4. The third kappa shape index (κ3) is 2.17. The Balaban J connectivity index is 1.63. The van der Waals surface area contributed by atoms with E-state index in [1.165, 1.54) is 0 Å². The molecule has 1 amide bonds. The van der Waals surface area contributed by atoms with Gasteiger partial charge in [0.15, 0.2) is 5.16 Å². The van der Waals surface area contributed by atoms with Gasteiger partial charge in [-0.2, -0.15) is 0 Å². The van der Waals surface area contributed by atoms with E-state index in [1.807, 2.05) is 47.0 Å². The van der Waals surface area contributed by atoms with Crippen molar-refractivity contribution >= 4 is 34.4 Å². The minimum atomic E-state index is -0.159. The SMILES string of the molecule is O=C(Nc1nnc2n1CCS2)c1ccc2ccccc2c1. The van der Waals surface area contributed by atoms with Crippen molar-refractivity contribution < 1.29 is 4.79 Å². The highest BCUT2D eigenvalue weighted by Crippen LogP contribution is 2.26. The summed E-state index contributed by atoms with van der Waals surface area (Å²) in [6.45, 7) is 0.834. The maximum absolute atomic E-state index is 12.4. The van der Waals surface area contributed by atoms with E-state index in [0.29, 0.717) is 11.5 Å². The molecule has 1 aliphatic heterocycles. The van der Waals surface area contributed by atoms with Crippen molar-refractivity contribution in [1.82, 2.24) is 14.8 Å². The third-order valence-corrected chi connectivity index (χ3v) is 4.45. The molecule has 104 valence electrons. The molecular weight excluding hydrogens is 284 g/mol. The summed E-state index contributed by atoms with van der Waals surface area (Å²) in [6.07, 6.45) is 0. The zero-order valence-corrected chi connectivity index (χ0v) is 11.9. The van der Waals surface area contributed by atoms with Gasteiger partial charge in [-0.25, -0.2) is 0 Å². The molecule has 0 bridgehead atoms. The van der Waals surface area contributed by atoms with E-state index >= 15 is 0 Å². The number of hydrogen-bond donors (Lipinski definition) is 1. The van der Waals surface area contributed by atoms with Crippen molar-refractivity contribution in [3.63, 3.8) is 0 Å². The van der Waals surface area contributed by atoms with Crippen LogP contribution >= 0.6 is 11.8 Å². The van der Waals surface area contributed by atoms with Gasteiger partial charge in [-0.3, -0.25) is 14.7 Å². The van der Waals surface area contributed by atoms with Crippen LogP contribution in [0.1, 0.15) is 10.4 Å². The Morgan fingerprint density at radius 2 is 2.00 bits per heavy atom. The number of aromatic nitrogens is 3. The van der Waals surface area contributed by atoms with Crippen molar-refractivity contribution in [2.75, 3.05) is 11.1 Å². The first-order valence-corrected chi connectivity index (χ1v) is 7.66. The molecule has 4 rings (SSSR count). The number of nitrogens with zero attached hydrogens (tertiary/aromatic N) is 3. The average Bonchev–Trinajstić information content (AvgIpc) is 3.12. The van der Waals surface area contributed by atoms with Crippen LogP contribution in [0.3, 0.4) is 0 Å². The number of nitrogens with one attached hydrogen (secondary N) is 1. The highest BCUT2D eigenvalue weighted by molar-refractivity contribution is 7.99. The van der Waals surface area contributed by atoms with Gasteiger partial charge in [0.2, 0.25) is 5.95 Å². The topological polar surface area (TPSA) is 59.8 Å². The lowest BCUT2D eigenvalue weighted by Crippen LogP contribution is -2.15. The van der Waals surface area contributed by atoms with Crippen LogP contribution in [-0.4, -0.2) is 26.4 Å². The molecule has 1 aliphatic rings. The molecule has 0 saturated heterocycles. The van der Waals surface area contributed by atoms with Crippen molar-refractivity contribution in [1.29, 1.82) is 0 Å². The van der Waals surface area contributed by atoms with Crippen LogP contribution in [0, 0.1) is 0 Å². The maximum Gasteiger partial charge on any atom is 0.258 e. The second-order valence-corrected chi connectivity index (χ2v) is 5.88. The van der Waals surface area contributed by atoms with E-state index in [-0.39, 0.29) is 5.91 Å². The number of carbonyl (C=O) groups excluding carboxylic acids is 1. The molecule has 3 aromatic rings. The second kappa shape index (κ2) is 4.89. The van der Waals surface area contributed by atoms with E-state index in [2.05, 4.69) is 15.5 Å². The molecule has 0 atom stereocenters. The number of benzene rings is 2. The van der Waals surface area contributed by atoms with Crippen LogP contribution in [0.2, 0.25) is 0 Å². The summed E-state index contributed by atoms with van der Waals surface area (Å²) < 4.78 is 1.93. The Morgan fingerprint density at radius 1 is 1.14 bits per heavy atom. The van der Waals surface area contributed by atoms with Gasteiger partial charge in [0.25, 0.3) is 5.91 Å². The van der Waals surface area contributed by atoms with Gasteiger partial charge in [-0.1, -0.05) is 42.1 Å². The largest absolute Gasteiger partial charge is 0.290 e. The molecule has 0 radical (unpaired) electrons. The van der Waals surface area contributed by atoms with Crippen molar-refractivity contribution in [3.8, 4) is 0 Å². The summed E-state index contributed by atoms with van der Waals surface area (Å²) >= 11 is 1.65. The molecule has 2 heterocycles. The lowest BCUT2D eigenvalue weighted by molar-refractivity contribution is 0.102. The first-order chi connectivity index (χ1) is 10.3. The molecule has 1 N–H and O–H groups in total. The molecule has 0 saturated carbocycles. The monoisotopic (exact) mass is 296 g/mol. The Hall–Kier alpha value is -2.34. The molecule has 0 fully saturated rings. The third-order valence-electron chi connectivity index (χ3n) is 3.50. The number of anilines is 1. The predicted molar refractivity (Wildman–Crippen MR) is 82.6 cm³/mol. The van der Waals surface area contributed by atoms with Gasteiger partial charge in [0, 0.05) is 17.9 Å². The Labute approximate surface area is 125 Å². The van der Waals surface area contributed by atoms with E-state index in [9.17, 15) is 4.79 Å². The number of fused-ring (bicyclic) bond motifs is 2. The van der Waals surface area contributed by atoms with E-state index in [0.717, 1.165) is 28.2 Å². The van der Waals surface area contributed by atoms with E-state index in [4.69, 9.17) is 0 Å². The quantitative estimate of drug-likeness (QED) is 0.790. The van der Waals surface area contributed by atoms with Crippen molar-refractivity contribution in [2.24, 2.45) is 0 Å².